The fourth-order valence-corrected chi connectivity index (χ4v) is 5.91. The molecule has 0 radical (unpaired) electrons. The number of carbonyl (C=O) groups excluding carboxylic acids is 1. The lowest BCUT2D eigenvalue weighted by Gasteiger charge is -2.42. The Kier molecular flexibility index (Phi) is 10.6. The highest BCUT2D eigenvalue weighted by Crippen LogP contribution is 2.41. The fourth-order valence-electron chi connectivity index (χ4n) is 5.78. The number of halogens is 2. The number of hydrazine groups is 1. The van der Waals surface area contributed by atoms with E-state index in [0.29, 0.717) is 37.5 Å². The smallest absolute Gasteiger partial charge is 0.224 e. The van der Waals surface area contributed by atoms with Gasteiger partial charge in [0.2, 0.25) is 6.41 Å². The second kappa shape index (κ2) is 13.4. The molecule has 6 heteroatoms. The molecule has 0 aromatic heterocycles. The summed E-state index contributed by atoms with van der Waals surface area (Å²) in [4.78, 5) is 12.1. The molecule has 4 nitrogen and oxygen atoms in total. The molecule has 0 bridgehead atoms. The summed E-state index contributed by atoms with van der Waals surface area (Å²) in [5, 5.41) is 15.8. The van der Waals surface area contributed by atoms with E-state index in [2.05, 4.69) is 72.6 Å². The lowest BCUT2D eigenvalue weighted by atomic mass is 9.68. The molecule has 0 saturated carbocycles. The Morgan fingerprint density at radius 1 is 0.919 bits per heavy atom. The molecular weight excluding hydrogens is 503 g/mol. The first-order chi connectivity index (χ1) is 17.5. The van der Waals surface area contributed by atoms with E-state index < -0.39 is 5.60 Å². The number of rotatable bonds is 11. The maximum atomic E-state index is 12.1. The van der Waals surface area contributed by atoms with Gasteiger partial charge in [-0.15, -0.1) is 12.4 Å². The maximum Gasteiger partial charge on any atom is 0.224 e. The monoisotopic (exact) mass is 540 g/mol. The molecule has 1 amide bonds. The van der Waals surface area contributed by atoms with E-state index in [1.165, 1.54) is 11.1 Å². The van der Waals surface area contributed by atoms with Crippen molar-refractivity contribution in [2.45, 2.75) is 56.5 Å². The van der Waals surface area contributed by atoms with Crippen LogP contribution in [0, 0.1) is 0 Å². The van der Waals surface area contributed by atoms with E-state index in [0.717, 1.165) is 37.7 Å². The minimum atomic E-state index is -0.882. The van der Waals surface area contributed by atoms with Gasteiger partial charge in [0.1, 0.15) is 0 Å². The van der Waals surface area contributed by atoms with E-state index in [9.17, 15) is 9.90 Å². The van der Waals surface area contributed by atoms with Gasteiger partial charge < -0.3 is 5.11 Å². The summed E-state index contributed by atoms with van der Waals surface area (Å²) >= 11 is 6.02. The van der Waals surface area contributed by atoms with Gasteiger partial charge in [-0.05, 0) is 60.9 Å². The molecule has 4 rings (SSSR count). The van der Waals surface area contributed by atoms with Crippen molar-refractivity contribution >= 4 is 30.4 Å². The van der Waals surface area contributed by atoms with Crippen molar-refractivity contribution in [1.29, 1.82) is 0 Å². The third kappa shape index (κ3) is 6.74. The van der Waals surface area contributed by atoms with Gasteiger partial charge in [0, 0.05) is 30.1 Å². The molecule has 1 saturated heterocycles. The van der Waals surface area contributed by atoms with E-state index in [4.69, 9.17) is 11.6 Å². The van der Waals surface area contributed by atoms with Crippen molar-refractivity contribution in [3.8, 4) is 0 Å². The van der Waals surface area contributed by atoms with Gasteiger partial charge in [-0.25, -0.2) is 5.01 Å². The molecule has 3 aromatic carbocycles. The molecule has 0 aliphatic carbocycles. The average Bonchev–Trinajstić information content (AvgIpc) is 2.92. The van der Waals surface area contributed by atoms with Crippen molar-refractivity contribution in [1.82, 2.24) is 10.0 Å². The van der Waals surface area contributed by atoms with Gasteiger partial charge in [0.25, 0.3) is 0 Å². The van der Waals surface area contributed by atoms with E-state index in [-0.39, 0.29) is 17.8 Å². The molecule has 0 atom stereocenters. The van der Waals surface area contributed by atoms with Crippen molar-refractivity contribution in [3.63, 3.8) is 0 Å². The zero-order chi connectivity index (χ0) is 25.4. The van der Waals surface area contributed by atoms with Crippen LogP contribution in [0.1, 0.15) is 62.1 Å². The molecule has 1 heterocycles. The second-order valence-electron chi connectivity index (χ2n) is 9.93. The zero-order valence-electron chi connectivity index (χ0n) is 21.6. The lowest BCUT2D eigenvalue weighted by molar-refractivity contribution is -0.145. The van der Waals surface area contributed by atoms with Crippen LogP contribution in [0.15, 0.2) is 84.9 Å². The van der Waals surface area contributed by atoms with Gasteiger partial charge in [-0.1, -0.05) is 97.7 Å². The quantitative estimate of drug-likeness (QED) is 0.266. The molecule has 198 valence electrons. The van der Waals surface area contributed by atoms with Crippen molar-refractivity contribution < 1.29 is 9.90 Å². The minimum Gasteiger partial charge on any atom is -0.385 e. The average molecular weight is 542 g/mol. The van der Waals surface area contributed by atoms with Crippen LogP contribution in [0.2, 0.25) is 5.02 Å². The Labute approximate surface area is 232 Å². The predicted octanol–water partition coefficient (Wildman–Crippen LogP) is 6.99. The van der Waals surface area contributed by atoms with Crippen LogP contribution in [-0.2, 0) is 15.8 Å². The summed E-state index contributed by atoms with van der Waals surface area (Å²) in [5.74, 6) is 0. The SMILES string of the molecule is CCCC(CCCN(C=O)N1CCC(O)(c2ccc(Cl)cc2)CC1)(c1ccccc1)c1ccccc1.Cl. The minimum absolute atomic E-state index is 0. The van der Waals surface area contributed by atoms with Gasteiger partial charge in [-0.2, -0.15) is 0 Å². The first-order valence-corrected chi connectivity index (χ1v) is 13.4. The number of piperidine rings is 1. The van der Waals surface area contributed by atoms with Gasteiger partial charge in [0.05, 0.1) is 5.60 Å². The molecule has 3 aromatic rings. The molecular formula is C31H38Cl2N2O2. The van der Waals surface area contributed by atoms with Crippen LogP contribution in [0.25, 0.3) is 0 Å². The van der Waals surface area contributed by atoms with Gasteiger partial charge >= 0.3 is 0 Å². The summed E-state index contributed by atoms with van der Waals surface area (Å²) in [5.41, 5.74) is 2.59. The topological polar surface area (TPSA) is 43.8 Å². The van der Waals surface area contributed by atoms with Crippen molar-refractivity contribution in [2.24, 2.45) is 0 Å². The summed E-state index contributed by atoms with van der Waals surface area (Å²) < 4.78 is 0. The Bertz CT molecular complexity index is 1050. The number of nitrogens with zero attached hydrogens (tertiary/aromatic N) is 2. The fraction of sp³-hybridized carbons (Fsp3) is 0.387. The summed E-state index contributed by atoms with van der Waals surface area (Å²) in [6, 6.07) is 29.0. The van der Waals surface area contributed by atoms with E-state index >= 15 is 0 Å². The number of hydrogen-bond acceptors (Lipinski definition) is 3. The highest BCUT2D eigenvalue weighted by molar-refractivity contribution is 6.30. The van der Waals surface area contributed by atoms with Crippen molar-refractivity contribution in [3.05, 3.63) is 107 Å². The lowest BCUT2D eigenvalue weighted by Crippen LogP contribution is -2.50. The van der Waals surface area contributed by atoms with Crippen LogP contribution in [-0.4, -0.2) is 41.2 Å². The number of amides is 1. The van der Waals surface area contributed by atoms with Crippen LogP contribution in [0.4, 0.5) is 0 Å². The molecule has 37 heavy (non-hydrogen) atoms. The number of hydrogen-bond donors (Lipinski definition) is 1. The summed E-state index contributed by atoms with van der Waals surface area (Å²) in [6.07, 6.45) is 6.08. The van der Waals surface area contributed by atoms with Crippen molar-refractivity contribution in [2.75, 3.05) is 19.6 Å². The van der Waals surface area contributed by atoms with Gasteiger partial charge in [0.15, 0.2) is 0 Å². The van der Waals surface area contributed by atoms with Crippen LogP contribution in [0.3, 0.4) is 0 Å². The van der Waals surface area contributed by atoms with Crippen LogP contribution < -0.4 is 0 Å². The number of benzene rings is 3. The molecule has 1 aliphatic rings. The Balaban J connectivity index is 0.00000380. The maximum absolute atomic E-state index is 12.1. The number of carbonyl (C=O) groups is 1. The van der Waals surface area contributed by atoms with Crippen LogP contribution in [0.5, 0.6) is 0 Å². The molecule has 1 aliphatic heterocycles. The van der Waals surface area contributed by atoms with Gasteiger partial charge in [-0.3, -0.25) is 9.80 Å². The van der Waals surface area contributed by atoms with Crippen LogP contribution >= 0.6 is 24.0 Å². The first-order valence-electron chi connectivity index (χ1n) is 13.1. The van der Waals surface area contributed by atoms with E-state index in [1.807, 2.05) is 29.3 Å². The normalized spacial score (nSPS) is 15.5. The molecule has 0 unspecified atom stereocenters. The number of aliphatic hydroxyl groups is 1. The summed E-state index contributed by atoms with van der Waals surface area (Å²) in [7, 11) is 0. The highest BCUT2D eigenvalue weighted by atomic mass is 35.5. The first kappa shape index (κ1) is 29.2. The molecule has 1 fully saturated rings. The third-order valence-corrected chi connectivity index (χ3v) is 8.01. The standard InChI is InChI=1S/C31H37ClN2O2.ClH/c1-2-18-30(26-10-5-3-6-11-26,27-12-7-4-8-13-27)19-9-22-34(25-35)33-23-20-31(36,21-24-33)28-14-16-29(32)17-15-28;/h3-8,10-17,25,36H,2,9,18-24H2,1H3;1H. The Hall–Kier alpha value is -2.37. The highest BCUT2D eigenvalue weighted by Gasteiger charge is 2.36. The second-order valence-corrected chi connectivity index (χ2v) is 10.4. The largest absolute Gasteiger partial charge is 0.385 e. The Morgan fingerprint density at radius 2 is 1.46 bits per heavy atom. The summed E-state index contributed by atoms with van der Waals surface area (Å²) in [6.45, 7) is 4.17. The third-order valence-electron chi connectivity index (χ3n) is 7.75. The predicted molar refractivity (Wildman–Crippen MR) is 154 cm³/mol. The molecule has 1 N–H and O–H groups in total. The molecule has 0 spiro atoms. The Morgan fingerprint density at radius 3 is 1.95 bits per heavy atom. The zero-order valence-corrected chi connectivity index (χ0v) is 23.1. The van der Waals surface area contributed by atoms with E-state index in [1.54, 1.807) is 0 Å².